The Bertz CT molecular complexity index is 434. The maximum absolute atomic E-state index is 12.4. The van der Waals surface area contributed by atoms with Crippen LogP contribution in [0.2, 0.25) is 0 Å². The minimum absolute atomic E-state index is 0.214. The van der Waals surface area contributed by atoms with Crippen molar-refractivity contribution in [3.8, 4) is 0 Å². The molecule has 1 saturated heterocycles. The molecule has 1 amide bonds. The molecule has 2 rings (SSSR count). The Morgan fingerprint density at radius 1 is 1.18 bits per heavy atom. The summed E-state index contributed by atoms with van der Waals surface area (Å²) in [5.74, 6) is 1.16. The van der Waals surface area contributed by atoms with Crippen LogP contribution in [0.25, 0.3) is 0 Å². The molecule has 22 heavy (non-hydrogen) atoms. The van der Waals surface area contributed by atoms with Crippen molar-refractivity contribution >= 4 is 5.91 Å². The molecule has 0 spiro atoms. The molecule has 0 atom stereocenters. The molecule has 3 heteroatoms. The van der Waals surface area contributed by atoms with Crippen molar-refractivity contribution in [3.63, 3.8) is 0 Å². The molecule has 0 bridgehead atoms. The number of hydrogen-bond acceptors (Lipinski definition) is 2. The van der Waals surface area contributed by atoms with Gasteiger partial charge in [0.2, 0.25) is 5.91 Å². The van der Waals surface area contributed by atoms with Crippen LogP contribution in [0.3, 0.4) is 0 Å². The number of carbonyl (C=O) groups excluding carboxylic acids is 1. The van der Waals surface area contributed by atoms with Crippen molar-refractivity contribution in [1.82, 2.24) is 4.90 Å². The lowest BCUT2D eigenvalue weighted by Gasteiger charge is -2.34. The van der Waals surface area contributed by atoms with Crippen LogP contribution in [0, 0.1) is 11.8 Å². The highest BCUT2D eigenvalue weighted by Crippen LogP contribution is 2.21. The first-order valence-corrected chi connectivity index (χ1v) is 8.65. The molecular formula is C19H29NO2. The molecule has 0 N–H and O–H groups in total. The summed E-state index contributed by atoms with van der Waals surface area (Å²) in [6.07, 6.45) is 4.05. The normalized spacial score (nSPS) is 16.2. The highest BCUT2D eigenvalue weighted by atomic mass is 16.5. The molecule has 0 aliphatic carbocycles. The largest absolute Gasteiger partial charge is 0.376 e. The Kier molecular flexibility index (Phi) is 6.91. The summed E-state index contributed by atoms with van der Waals surface area (Å²) in [5.41, 5.74) is 1.23. The molecule has 122 valence electrons. The minimum atomic E-state index is 0.214. The van der Waals surface area contributed by atoms with Crippen LogP contribution in [-0.2, 0) is 16.1 Å². The van der Waals surface area contributed by atoms with E-state index in [1.807, 2.05) is 18.2 Å². The van der Waals surface area contributed by atoms with E-state index in [1.165, 1.54) is 5.56 Å². The Morgan fingerprint density at radius 2 is 1.82 bits per heavy atom. The van der Waals surface area contributed by atoms with E-state index in [4.69, 9.17) is 4.74 Å². The monoisotopic (exact) mass is 303 g/mol. The number of hydrogen-bond donors (Lipinski definition) is 0. The van der Waals surface area contributed by atoms with E-state index in [1.54, 1.807) is 0 Å². The third kappa shape index (κ3) is 4.84. The molecule has 1 aliphatic rings. The van der Waals surface area contributed by atoms with E-state index in [-0.39, 0.29) is 5.92 Å². The fraction of sp³-hybridized carbons (Fsp3) is 0.632. The second kappa shape index (κ2) is 8.94. The second-order valence-electron chi connectivity index (χ2n) is 6.28. The average molecular weight is 303 g/mol. The van der Waals surface area contributed by atoms with Gasteiger partial charge in [0.25, 0.3) is 0 Å². The van der Waals surface area contributed by atoms with Crippen molar-refractivity contribution in [2.45, 2.75) is 46.1 Å². The Hall–Kier alpha value is -1.35. The van der Waals surface area contributed by atoms with E-state index >= 15 is 0 Å². The fourth-order valence-electron chi connectivity index (χ4n) is 3.13. The molecule has 1 aliphatic heterocycles. The van der Waals surface area contributed by atoms with Gasteiger partial charge in [-0.2, -0.15) is 0 Å². The number of amides is 1. The van der Waals surface area contributed by atoms with Gasteiger partial charge in [-0.15, -0.1) is 0 Å². The van der Waals surface area contributed by atoms with Gasteiger partial charge in [0, 0.05) is 25.6 Å². The number of rotatable bonds is 7. The van der Waals surface area contributed by atoms with Crippen molar-refractivity contribution in [2.75, 3.05) is 19.7 Å². The molecule has 0 saturated carbocycles. The first kappa shape index (κ1) is 17.0. The first-order valence-electron chi connectivity index (χ1n) is 8.65. The van der Waals surface area contributed by atoms with Crippen molar-refractivity contribution in [1.29, 1.82) is 0 Å². The van der Waals surface area contributed by atoms with Crippen molar-refractivity contribution < 1.29 is 9.53 Å². The van der Waals surface area contributed by atoms with Crippen LogP contribution in [0.1, 0.15) is 45.1 Å². The summed E-state index contributed by atoms with van der Waals surface area (Å²) in [7, 11) is 0. The summed E-state index contributed by atoms with van der Waals surface area (Å²) in [6.45, 7) is 7.51. The van der Waals surface area contributed by atoms with Crippen LogP contribution in [0.5, 0.6) is 0 Å². The third-order valence-electron chi connectivity index (χ3n) is 4.73. The van der Waals surface area contributed by atoms with E-state index in [2.05, 4.69) is 30.9 Å². The molecule has 1 aromatic rings. The van der Waals surface area contributed by atoms with Gasteiger partial charge in [-0.25, -0.2) is 0 Å². The first-order chi connectivity index (χ1) is 10.7. The third-order valence-corrected chi connectivity index (χ3v) is 4.73. The van der Waals surface area contributed by atoms with Gasteiger partial charge in [-0.1, -0.05) is 44.2 Å². The second-order valence-corrected chi connectivity index (χ2v) is 6.28. The van der Waals surface area contributed by atoms with Gasteiger partial charge in [0.05, 0.1) is 6.61 Å². The van der Waals surface area contributed by atoms with Gasteiger partial charge >= 0.3 is 0 Å². The smallest absolute Gasteiger partial charge is 0.225 e. The van der Waals surface area contributed by atoms with Gasteiger partial charge in [0.1, 0.15) is 0 Å². The van der Waals surface area contributed by atoms with Crippen molar-refractivity contribution in [2.24, 2.45) is 11.8 Å². The maximum atomic E-state index is 12.4. The zero-order chi connectivity index (χ0) is 15.8. The number of piperidine rings is 1. The predicted molar refractivity (Wildman–Crippen MR) is 89.5 cm³/mol. The number of likely N-dealkylation sites (tertiary alicyclic amines) is 1. The number of ether oxygens (including phenoxy) is 1. The Labute approximate surface area is 134 Å². The van der Waals surface area contributed by atoms with Crippen LogP contribution in [0.15, 0.2) is 30.3 Å². The van der Waals surface area contributed by atoms with Crippen LogP contribution in [-0.4, -0.2) is 30.5 Å². The van der Waals surface area contributed by atoms with Gasteiger partial charge < -0.3 is 9.64 Å². The lowest BCUT2D eigenvalue weighted by Crippen LogP contribution is -2.42. The zero-order valence-corrected chi connectivity index (χ0v) is 14.0. The number of benzene rings is 1. The molecule has 1 heterocycles. The molecule has 1 aromatic carbocycles. The van der Waals surface area contributed by atoms with Crippen LogP contribution in [0.4, 0.5) is 0 Å². The summed E-state index contributed by atoms with van der Waals surface area (Å²) in [5, 5.41) is 0. The Morgan fingerprint density at radius 3 is 2.41 bits per heavy atom. The fourth-order valence-corrected chi connectivity index (χ4v) is 3.13. The topological polar surface area (TPSA) is 29.5 Å². The van der Waals surface area contributed by atoms with Crippen LogP contribution < -0.4 is 0 Å². The highest BCUT2D eigenvalue weighted by molar-refractivity contribution is 5.78. The molecule has 0 unspecified atom stereocenters. The molecule has 1 fully saturated rings. The maximum Gasteiger partial charge on any atom is 0.225 e. The lowest BCUT2D eigenvalue weighted by atomic mass is 9.95. The Balaban J connectivity index is 1.68. The standard InChI is InChI=1S/C19H29NO2/c1-3-18(4-2)19(21)20-12-10-17(11-13-20)15-22-14-16-8-6-5-7-9-16/h5-9,17-18H,3-4,10-15H2,1-2H3. The van der Waals surface area contributed by atoms with E-state index in [0.717, 1.165) is 45.4 Å². The van der Waals surface area contributed by atoms with E-state index in [0.29, 0.717) is 18.4 Å². The van der Waals surface area contributed by atoms with Gasteiger partial charge in [0.15, 0.2) is 0 Å². The SMILES string of the molecule is CCC(CC)C(=O)N1CCC(COCc2ccccc2)CC1. The summed E-state index contributed by atoms with van der Waals surface area (Å²) >= 11 is 0. The zero-order valence-electron chi connectivity index (χ0n) is 14.0. The number of carbonyl (C=O) groups is 1. The summed E-state index contributed by atoms with van der Waals surface area (Å²) < 4.78 is 5.84. The van der Waals surface area contributed by atoms with E-state index in [9.17, 15) is 4.79 Å². The van der Waals surface area contributed by atoms with Gasteiger partial charge in [-0.05, 0) is 37.2 Å². The average Bonchev–Trinajstić information content (AvgIpc) is 2.57. The molecular weight excluding hydrogens is 274 g/mol. The molecule has 0 aromatic heterocycles. The number of nitrogens with zero attached hydrogens (tertiary/aromatic N) is 1. The van der Waals surface area contributed by atoms with Gasteiger partial charge in [-0.3, -0.25) is 4.79 Å². The van der Waals surface area contributed by atoms with Crippen LogP contribution >= 0.6 is 0 Å². The van der Waals surface area contributed by atoms with E-state index < -0.39 is 0 Å². The molecule has 3 nitrogen and oxygen atoms in total. The highest BCUT2D eigenvalue weighted by Gasteiger charge is 2.26. The quantitative estimate of drug-likeness (QED) is 0.765. The predicted octanol–water partition coefficient (Wildman–Crippen LogP) is 3.88. The minimum Gasteiger partial charge on any atom is -0.376 e. The summed E-state index contributed by atoms with van der Waals surface area (Å²) in [6, 6.07) is 10.3. The lowest BCUT2D eigenvalue weighted by molar-refractivity contribution is -0.137. The van der Waals surface area contributed by atoms with Crippen molar-refractivity contribution in [3.05, 3.63) is 35.9 Å². The summed E-state index contributed by atoms with van der Waals surface area (Å²) in [4.78, 5) is 14.4. The molecule has 0 radical (unpaired) electrons.